The summed E-state index contributed by atoms with van der Waals surface area (Å²) in [5.74, 6) is 3.30. The van der Waals surface area contributed by atoms with Crippen molar-refractivity contribution in [2.75, 3.05) is 18.1 Å². The lowest BCUT2D eigenvalue weighted by Gasteiger charge is -2.10. The first-order valence-corrected chi connectivity index (χ1v) is 8.66. The normalized spacial score (nSPS) is 20.2. The van der Waals surface area contributed by atoms with Gasteiger partial charge in [-0.3, -0.25) is 0 Å². The van der Waals surface area contributed by atoms with Crippen LogP contribution in [-0.4, -0.2) is 26.5 Å². The van der Waals surface area contributed by atoms with Gasteiger partial charge >= 0.3 is 0 Å². The Balaban J connectivity index is 1.83. The van der Waals surface area contributed by atoms with Crippen molar-refractivity contribution in [3.63, 3.8) is 0 Å². The molecule has 0 bridgehead atoms. The molecule has 1 atom stereocenters. The van der Waals surface area contributed by atoms with Gasteiger partial charge in [-0.2, -0.15) is 11.8 Å². The van der Waals surface area contributed by atoms with E-state index < -0.39 is 10.0 Å². The molecule has 0 spiro atoms. The number of nitrogens with two attached hydrogens (primary N) is 1. The third-order valence-electron chi connectivity index (χ3n) is 3.04. The molecule has 1 aromatic carbocycles. The topological polar surface area (TPSA) is 72.2 Å². The fraction of sp³-hybridized carbons (Fsp3) is 0.500. The lowest BCUT2D eigenvalue weighted by atomic mass is 10.1. The Morgan fingerprint density at radius 1 is 1.33 bits per heavy atom. The van der Waals surface area contributed by atoms with Gasteiger partial charge in [-0.15, -0.1) is 0 Å². The summed E-state index contributed by atoms with van der Waals surface area (Å²) in [6.07, 6.45) is 1.29. The molecule has 1 aliphatic rings. The standard InChI is InChI=1S/C12H18N2O2S2/c13-18(15,16)12-3-1-10(2-4-12)7-14-8-11-5-6-17-9-11/h1-4,11,14H,5-9H2,(H2,13,15,16). The van der Waals surface area contributed by atoms with Crippen LogP contribution in [-0.2, 0) is 16.6 Å². The zero-order valence-corrected chi connectivity index (χ0v) is 11.8. The Hall–Kier alpha value is -0.560. The van der Waals surface area contributed by atoms with E-state index in [9.17, 15) is 8.42 Å². The van der Waals surface area contributed by atoms with Crippen molar-refractivity contribution in [3.05, 3.63) is 29.8 Å². The summed E-state index contributed by atoms with van der Waals surface area (Å²) in [7, 11) is -3.58. The van der Waals surface area contributed by atoms with E-state index in [0.717, 1.165) is 24.6 Å². The van der Waals surface area contributed by atoms with Crippen LogP contribution >= 0.6 is 11.8 Å². The van der Waals surface area contributed by atoms with E-state index in [1.54, 1.807) is 24.3 Å². The summed E-state index contributed by atoms with van der Waals surface area (Å²) in [6, 6.07) is 6.71. The molecular weight excluding hydrogens is 268 g/mol. The lowest BCUT2D eigenvalue weighted by Crippen LogP contribution is -2.22. The third kappa shape index (κ3) is 3.98. The highest BCUT2D eigenvalue weighted by molar-refractivity contribution is 7.99. The Morgan fingerprint density at radius 3 is 2.61 bits per heavy atom. The van der Waals surface area contributed by atoms with Crippen molar-refractivity contribution in [1.82, 2.24) is 5.32 Å². The van der Waals surface area contributed by atoms with E-state index in [1.165, 1.54) is 17.9 Å². The predicted molar refractivity (Wildman–Crippen MR) is 75.0 cm³/mol. The molecule has 0 radical (unpaired) electrons. The minimum atomic E-state index is -3.58. The van der Waals surface area contributed by atoms with Crippen molar-refractivity contribution in [1.29, 1.82) is 0 Å². The van der Waals surface area contributed by atoms with Crippen molar-refractivity contribution < 1.29 is 8.42 Å². The zero-order valence-electron chi connectivity index (χ0n) is 10.1. The molecule has 0 aromatic heterocycles. The van der Waals surface area contributed by atoms with Crippen molar-refractivity contribution in [3.8, 4) is 0 Å². The first kappa shape index (κ1) is 13.9. The number of primary sulfonamides is 1. The molecule has 2 rings (SSSR count). The predicted octanol–water partition coefficient (Wildman–Crippen LogP) is 1.18. The van der Waals surface area contributed by atoms with Gasteiger partial charge in [-0.1, -0.05) is 12.1 Å². The van der Waals surface area contributed by atoms with Crippen molar-refractivity contribution >= 4 is 21.8 Å². The largest absolute Gasteiger partial charge is 0.312 e. The van der Waals surface area contributed by atoms with Crippen LogP contribution in [0.4, 0.5) is 0 Å². The van der Waals surface area contributed by atoms with Gasteiger partial charge in [0, 0.05) is 6.54 Å². The fourth-order valence-corrected chi connectivity index (χ4v) is 3.76. The number of thioether (sulfide) groups is 1. The number of hydrogen-bond acceptors (Lipinski definition) is 4. The molecule has 0 saturated carbocycles. The second-order valence-corrected chi connectivity index (χ2v) is 7.26. The zero-order chi connectivity index (χ0) is 13.0. The van der Waals surface area contributed by atoms with E-state index >= 15 is 0 Å². The van der Waals surface area contributed by atoms with Crippen LogP contribution in [0, 0.1) is 5.92 Å². The summed E-state index contributed by atoms with van der Waals surface area (Å²) >= 11 is 2.01. The highest BCUT2D eigenvalue weighted by atomic mass is 32.2. The smallest absolute Gasteiger partial charge is 0.238 e. The van der Waals surface area contributed by atoms with Gasteiger partial charge in [0.1, 0.15) is 0 Å². The van der Waals surface area contributed by atoms with E-state index in [-0.39, 0.29) is 4.90 Å². The van der Waals surface area contributed by atoms with Crippen LogP contribution in [0.1, 0.15) is 12.0 Å². The van der Waals surface area contributed by atoms with Crippen LogP contribution in [0.15, 0.2) is 29.2 Å². The second kappa shape index (κ2) is 6.06. The molecule has 1 saturated heterocycles. The highest BCUT2D eigenvalue weighted by Gasteiger charge is 2.14. The maximum atomic E-state index is 11.1. The highest BCUT2D eigenvalue weighted by Crippen LogP contribution is 2.22. The van der Waals surface area contributed by atoms with Gasteiger partial charge in [0.2, 0.25) is 10.0 Å². The monoisotopic (exact) mass is 286 g/mol. The van der Waals surface area contributed by atoms with Gasteiger partial charge in [0.15, 0.2) is 0 Å². The summed E-state index contributed by atoms with van der Waals surface area (Å²) < 4.78 is 22.2. The minimum absolute atomic E-state index is 0.165. The van der Waals surface area contributed by atoms with E-state index in [0.29, 0.717) is 0 Å². The van der Waals surface area contributed by atoms with Crippen LogP contribution in [0.3, 0.4) is 0 Å². The molecule has 1 heterocycles. The first-order chi connectivity index (χ1) is 8.55. The molecule has 0 amide bonds. The molecule has 0 aliphatic carbocycles. The SMILES string of the molecule is NS(=O)(=O)c1ccc(CNCC2CCSC2)cc1. The molecule has 1 fully saturated rings. The number of rotatable bonds is 5. The second-order valence-electron chi connectivity index (χ2n) is 4.55. The average molecular weight is 286 g/mol. The maximum absolute atomic E-state index is 11.1. The molecule has 3 N–H and O–H groups in total. The quantitative estimate of drug-likeness (QED) is 0.852. The molecular formula is C12H18N2O2S2. The Bertz CT molecular complexity index is 479. The van der Waals surface area contributed by atoms with Gasteiger partial charge < -0.3 is 5.32 Å². The lowest BCUT2D eigenvalue weighted by molar-refractivity contribution is 0.523. The van der Waals surface area contributed by atoms with Crippen LogP contribution in [0.2, 0.25) is 0 Å². The van der Waals surface area contributed by atoms with E-state index in [4.69, 9.17) is 5.14 Å². The molecule has 100 valence electrons. The molecule has 18 heavy (non-hydrogen) atoms. The van der Waals surface area contributed by atoms with Gasteiger partial charge in [-0.25, -0.2) is 13.6 Å². The number of hydrogen-bond donors (Lipinski definition) is 2. The average Bonchev–Trinajstić information content (AvgIpc) is 2.82. The van der Waals surface area contributed by atoms with Crippen molar-refractivity contribution in [2.45, 2.75) is 17.9 Å². The molecule has 1 aromatic rings. The van der Waals surface area contributed by atoms with Crippen LogP contribution < -0.4 is 10.5 Å². The molecule has 4 nitrogen and oxygen atoms in total. The van der Waals surface area contributed by atoms with E-state index in [1.807, 2.05) is 11.8 Å². The third-order valence-corrected chi connectivity index (χ3v) is 5.20. The van der Waals surface area contributed by atoms with Gasteiger partial charge in [0.25, 0.3) is 0 Å². The summed E-state index contributed by atoms with van der Waals surface area (Å²) in [4.78, 5) is 0.165. The van der Waals surface area contributed by atoms with Gasteiger partial charge in [0.05, 0.1) is 4.90 Å². The van der Waals surface area contributed by atoms with Crippen molar-refractivity contribution in [2.24, 2.45) is 11.1 Å². The van der Waals surface area contributed by atoms with Gasteiger partial charge in [-0.05, 0) is 48.1 Å². The Morgan fingerprint density at radius 2 is 2.06 bits per heavy atom. The summed E-state index contributed by atoms with van der Waals surface area (Å²) in [6.45, 7) is 1.80. The summed E-state index contributed by atoms with van der Waals surface area (Å²) in [5.41, 5.74) is 1.08. The maximum Gasteiger partial charge on any atom is 0.238 e. The Labute approximate surface area is 112 Å². The number of benzene rings is 1. The Kier molecular flexibility index (Phi) is 4.66. The molecule has 1 unspecified atom stereocenters. The number of nitrogens with one attached hydrogen (secondary N) is 1. The fourth-order valence-electron chi connectivity index (χ4n) is 1.96. The molecule has 6 heteroatoms. The van der Waals surface area contributed by atoms with Crippen LogP contribution in [0.25, 0.3) is 0 Å². The minimum Gasteiger partial charge on any atom is -0.312 e. The van der Waals surface area contributed by atoms with Crippen LogP contribution in [0.5, 0.6) is 0 Å². The summed E-state index contributed by atoms with van der Waals surface area (Å²) in [5, 5.41) is 8.45. The van der Waals surface area contributed by atoms with E-state index in [2.05, 4.69) is 5.32 Å². The number of sulfonamides is 1. The molecule has 1 aliphatic heterocycles. The first-order valence-electron chi connectivity index (χ1n) is 5.96.